The van der Waals surface area contributed by atoms with Gasteiger partial charge in [-0.1, -0.05) is 22.0 Å². The Labute approximate surface area is 164 Å². The van der Waals surface area contributed by atoms with Crippen molar-refractivity contribution < 1.29 is 9.59 Å². The van der Waals surface area contributed by atoms with Gasteiger partial charge in [-0.15, -0.1) is 0 Å². The van der Waals surface area contributed by atoms with Crippen LogP contribution in [0.5, 0.6) is 0 Å². The third kappa shape index (κ3) is 3.32. The average Bonchev–Trinajstić information content (AvgIpc) is 3.15. The number of anilines is 2. The number of fused-ring (bicyclic) bond motifs is 1. The van der Waals surface area contributed by atoms with Crippen molar-refractivity contribution in [3.8, 4) is 0 Å². The smallest absolute Gasteiger partial charge is 0.229 e. The molecule has 3 heterocycles. The summed E-state index contributed by atoms with van der Waals surface area (Å²) >= 11 is 3.41. The molecule has 1 N–H and O–H groups in total. The van der Waals surface area contributed by atoms with Gasteiger partial charge in [0.1, 0.15) is 0 Å². The Morgan fingerprint density at radius 2 is 2.15 bits per heavy atom. The summed E-state index contributed by atoms with van der Waals surface area (Å²) < 4.78 is 2.61. The van der Waals surface area contributed by atoms with Gasteiger partial charge >= 0.3 is 0 Å². The van der Waals surface area contributed by atoms with Crippen molar-refractivity contribution in [2.75, 3.05) is 16.8 Å². The van der Waals surface area contributed by atoms with E-state index in [2.05, 4.69) is 31.3 Å². The molecular weight excluding hydrogens is 410 g/mol. The van der Waals surface area contributed by atoms with Crippen LogP contribution in [0.15, 0.2) is 41.0 Å². The number of halogens is 1. The average molecular weight is 428 g/mol. The second kappa shape index (κ2) is 6.77. The van der Waals surface area contributed by atoms with Gasteiger partial charge in [-0.2, -0.15) is 5.10 Å². The zero-order chi connectivity index (χ0) is 19.1. The highest BCUT2D eigenvalue weighted by molar-refractivity contribution is 9.10. The Morgan fingerprint density at radius 1 is 1.33 bits per heavy atom. The number of benzene rings is 1. The second-order valence-corrected chi connectivity index (χ2v) is 7.59. The van der Waals surface area contributed by atoms with Crippen molar-refractivity contribution in [1.29, 1.82) is 0 Å². The van der Waals surface area contributed by atoms with Crippen LogP contribution in [0.4, 0.5) is 11.4 Å². The van der Waals surface area contributed by atoms with Crippen molar-refractivity contribution in [3.05, 3.63) is 46.7 Å². The number of aryl methyl sites for hydroxylation is 2. The lowest BCUT2D eigenvalue weighted by Crippen LogP contribution is -2.28. The van der Waals surface area contributed by atoms with Crippen LogP contribution in [0.3, 0.4) is 0 Å². The third-order valence-electron chi connectivity index (χ3n) is 4.75. The molecule has 1 atom stereocenters. The third-order valence-corrected chi connectivity index (χ3v) is 5.24. The van der Waals surface area contributed by atoms with E-state index >= 15 is 0 Å². The fourth-order valence-electron chi connectivity index (χ4n) is 3.40. The molecule has 27 heavy (non-hydrogen) atoms. The van der Waals surface area contributed by atoms with Gasteiger partial charge in [-0.3, -0.25) is 14.3 Å². The zero-order valence-electron chi connectivity index (χ0n) is 14.9. The van der Waals surface area contributed by atoms with E-state index < -0.39 is 5.92 Å². The lowest BCUT2D eigenvalue weighted by Gasteiger charge is -2.17. The van der Waals surface area contributed by atoms with E-state index in [-0.39, 0.29) is 18.2 Å². The molecule has 0 saturated carbocycles. The molecule has 1 aliphatic rings. The number of carbonyl (C=O) groups excluding carboxylic acids is 2. The first-order valence-electron chi connectivity index (χ1n) is 8.58. The molecule has 0 spiro atoms. The van der Waals surface area contributed by atoms with Crippen molar-refractivity contribution in [2.24, 2.45) is 13.0 Å². The minimum absolute atomic E-state index is 0.0510. The Morgan fingerprint density at radius 3 is 2.93 bits per heavy atom. The summed E-state index contributed by atoms with van der Waals surface area (Å²) in [6.07, 6.45) is 1.81. The predicted molar refractivity (Wildman–Crippen MR) is 106 cm³/mol. The lowest BCUT2D eigenvalue weighted by atomic mass is 10.1. The molecule has 1 aliphatic heterocycles. The minimum Gasteiger partial charge on any atom is -0.324 e. The van der Waals surface area contributed by atoms with Gasteiger partial charge in [0.2, 0.25) is 11.8 Å². The number of pyridine rings is 1. The van der Waals surface area contributed by atoms with E-state index in [9.17, 15) is 9.59 Å². The molecule has 0 aliphatic carbocycles. The van der Waals surface area contributed by atoms with E-state index in [4.69, 9.17) is 0 Å². The summed E-state index contributed by atoms with van der Waals surface area (Å²) in [6, 6.07) is 9.38. The molecule has 138 valence electrons. The molecule has 1 aromatic carbocycles. The number of aromatic nitrogens is 3. The van der Waals surface area contributed by atoms with Crippen LogP contribution in [0, 0.1) is 12.8 Å². The molecule has 2 aromatic heterocycles. The standard InChI is InChI=1S/C19H18BrN5O2/c1-11-16-8-14(9-21-18(16)24(2)23-11)22-19(27)12-6-17(26)25(10-12)15-5-3-4-13(20)7-15/h3-5,7-9,12H,6,10H2,1-2H3,(H,22,27)/t12-/m1/s1. The highest BCUT2D eigenvalue weighted by Crippen LogP contribution is 2.28. The first-order chi connectivity index (χ1) is 12.9. The molecule has 2 amide bonds. The van der Waals surface area contributed by atoms with E-state index in [0.717, 1.165) is 26.9 Å². The van der Waals surface area contributed by atoms with Crippen LogP contribution in [0.1, 0.15) is 12.1 Å². The summed E-state index contributed by atoms with van der Waals surface area (Å²) in [7, 11) is 1.83. The van der Waals surface area contributed by atoms with E-state index in [1.165, 1.54) is 0 Å². The summed E-state index contributed by atoms with van der Waals surface area (Å²) in [4.78, 5) is 31.1. The number of nitrogens with zero attached hydrogens (tertiary/aromatic N) is 4. The van der Waals surface area contributed by atoms with Crippen LogP contribution >= 0.6 is 15.9 Å². The summed E-state index contributed by atoms with van der Waals surface area (Å²) in [5.74, 6) is -0.629. The van der Waals surface area contributed by atoms with Gasteiger partial charge < -0.3 is 10.2 Å². The van der Waals surface area contributed by atoms with Crippen molar-refractivity contribution >= 4 is 50.2 Å². The largest absolute Gasteiger partial charge is 0.324 e. The minimum atomic E-state index is -0.401. The van der Waals surface area contributed by atoms with Gasteiger partial charge in [0.05, 0.1) is 23.5 Å². The topological polar surface area (TPSA) is 80.1 Å². The molecule has 8 heteroatoms. The van der Waals surface area contributed by atoms with E-state index in [0.29, 0.717) is 12.2 Å². The van der Waals surface area contributed by atoms with Gasteiger partial charge in [0.25, 0.3) is 0 Å². The molecule has 0 unspecified atom stereocenters. The zero-order valence-corrected chi connectivity index (χ0v) is 16.5. The van der Waals surface area contributed by atoms with Crippen molar-refractivity contribution in [1.82, 2.24) is 14.8 Å². The SMILES string of the molecule is Cc1nn(C)c2ncc(NC(=O)[C@@H]3CC(=O)N(c4cccc(Br)c4)C3)cc12. The van der Waals surface area contributed by atoms with E-state index in [1.807, 2.05) is 44.3 Å². The summed E-state index contributed by atoms with van der Waals surface area (Å²) in [6.45, 7) is 2.27. The molecular formula is C19H18BrN5O2. The first-order valence-corrected chi connectivity index (χ1v) is 9.38. The van der Waals surface area contributed by atoms with Gasteiger partial charge in [-0.05, 0) is 31.2 Å². The maximum Gasteiger partial charge on any atom is 0.229 e. The number of nitrogens with one attached hydrogen (secondary N) is 1. The van der Waals surface area contributed by atoms with Crippen LogP contribution < -0.4 is 10.2 Å². The summed E-state index contributed by atoms with van der Waals surface area (Å²) in [5, 5.41) is 8.12. The second-order valence-electron chi connectivity index (χ2n) is 6.68. The van der Waals surface area contributed by atoms with Crippen LogP contribution in [-0.2, 0) is 16.6 Å². The van der Waals surface area contributed by atoms with Crippen molar-refractivity contribution in [3.63, 3.8) is 0 Å². The molecule has 7 nitrogen and oxygen atoms in total. The maximum absolute atomic E-state index is 12.7. The predicted octanol–water partition coefficient (Wildman–Crippen LogP) is 3.03. The van der Waals surface area contributed by atoms with Crippen LogP contribution in [-0.4, -0.2) is 33.1 Å². The van der Waals surface area contributed by atoms with Gasteiger partial charge in [0.15, 0.2) is 5.65 Å². The van der Waals surface area contributed by atoms with Gasteiger partial charge in [-0.25, -0.2) is 4.98 Å². The van der Waals surface area contributed by atoms with Crippen molar-refractivity contribution in [2.45, 2.75) is 13.3 Å². The number of hydrogen-bond donors (Lipinski definition) is 1. The Balaban J connectivity index is 1.50. The normalized spacial score (nSPS) is 16.9. The first kappa shape index (κ1) is 17.7. The number of carbonyl (C=O) groups is 2. The molecule has 0 bridgehead atoms. The fourth-order valence-corrected chi connectivity index (χ4v) is 3.78. The monoisotopic (exact) mass is 427 g/mol. The van der Waals surface area contributed by atoms with Crippen LogP contribution in [0.25, 0.3) is 11.0 Å². The number of hydrogen-bond acceptors (Lipinski definition) is 4. The number of amides is 2. The molecule has 1 fully saturated rings. The fraction of sp³-hybridized carbons (Fsp3) is 0.263. The highest BCUT2D eigenvalue weighted by atomic mass is 79.9. The molecule has 0 radical (unpaired) electrons. The lowest BCUT2D eigenvalue weighted by molar-refractivity contribution is -0.122. The maximum atomic E-state index is 12.7. The Kier molecular flexibility index (Phi) is 4.43. The highest BCUT2D eigenvalue weighted by Gasteiger charge is 2.35. The van der Waals surface area contributed by atoms with Crippen LogP contribution in [0.2, 0.25) is 0 Å². The number of rotatable bonds is 3. The quantitative estimate of drug-likeness (QED) is 0.696. The molecule has 4 rings (SSSR count). The molecule has 1 saturated heterocycles. The summed E-state index contributed by atoms with van der Waals surface area (Å²) in [5.41, 5.74) is 3.02. The van der Waals surface area contributed by atoms with E-state index in [1.54, 1.807) is 15.8 Å². The Bertz CT molecular complexity index is 1060. The Hall–Kier alpha value is -2.74. The molecule has 3 aromatic rings. The van der Waals surface area contributed by atoms with Gasteiger partial charge in [0, 0.05) is 35.6 Å².